The van der Waals surface area contributed by atoms with Crippen molar-refractivity contribution in [2.75, 3.05) is 0 Å². The lowest BCUT2D eigenvalue weighted by Crippen LogP contribution is -2.11. The van der Waals surface area contributed by atoms with Gasteiger partial charge in [-0.25, -0.2) is 0 Å². The summed E-state index contributed by atoms with van der Waals surface area (Å²) in [6.45, 7) is 2.09. The standard InChI is InChI=1S/C15H22O/c1-12-8-10-14(11-9-12)15(16)13-6-4-2-3-5-7-13/h8-11,13,15-16H,2-7H2,1H3/t15-/m1/s1. The van der Waals surface area contributed by atoms with Gasteiger partial charge in [0.25, 0.3) is 0 Å². The third kappa shape index (κ3) is 2.85. The van der Waals surface area contributed by atoms with Gasteiger partial charge in [0.15, 0.2) is 0 Å². The summed E-state index contributed by atoms with van der Waals surface area (Å²) in [5.41, 5.74) is 2.36. The van der Waals surface area contributed by atoms with Crippen LogP contribution in [0, 0.1) is 12.8 Å². The summed E-state index contributed by atoms with van der Waals surface area (Å²) in [4.78, 5) is 0. The van der Waals surface area contributed by atoms with Crippen LogP contribution in [0.15, 0.2) is 24.3 Å². The molecule has 1 aliphatic carbocycles. The van der Waals surface area contributed by atoms with Crippen LogP contribution in [0.2, 0.25) is 0 Å². The van der Waals surface area contributed by atoms with E-state index >= 15 is 0 Å². The van der Waals surface area contributed by atoms with Crippen molar-refractivity contribution in [1.82, 2.24) is 0 Å². The molecule has 1 aromatic rings. The van der Waals surface area contributed by atoms with E-state index in [1.54, 1.807) is 0 Å². The Labute approximate surface area is 98.5 Å². The molecule has 0 bridgehead atoms. The summed E-state index contributed by atoms with van der Waals surface area (Å²) in [6, 6.07) is 8.33. The molecule has 0 amide bonds. The van der Waals surface area contributed by atoms with E-state index in [9.17, 15) is 5.11 Å². The van der Waals surface area contributed by atoms with E-state index in [0.717, 1.165) is 5.56 Å². The molecular formula is C15H22O. The van der Waals surface area contributed by atoms with Crippen molar-refractivity contribution in [3.63, 3.8) is 0 Å². The van der Waals surface area contributed by atoms with E-state index in [2.05, 4.69) is 31.2 Å². The number of aliphatic hydroxyl groups is 1. The highest BCUT2D eigenvalue weighted by atomic mass is 16.3. The lowest BCUT2D eigenvalue weighted by atomic mass is 9.89. The SMILES string of the molecule is Cc1ccc([C@H](O)C2CCCCCC2)cc1. The number of hydrogen-bond acceptors (Lipinski definition) is 1. The molecule has 1 aliphatic rings. The summed E-state index contributed by atoms with van der Waals surface area (Å²) in [6.07, 6.45) is 7.39. The highest BCUT2D eigenvalue weighted by Crippen LogP contribution is 2.33. The average molecular weight is 218 g/mol. The van der Waals surface area contributed by atoms with Crippen molar-refractivity contribution in [2.45, 2.75) is 51.6 Å². The number of benzene rings is 1. The van der Waals surface area contributed by atoms with Crippen LogP contribution in [-0.2, 0) is 0 Å². The molecule has 16 heavy (non-hydrogen) atoms. The first-order valence-corrected chi connectivity index (χ1v) is 6.52. The van der Waals surface area contributed by atoms with Crippen molar-refractivity contribution < 1.29 is 5.11 Å². The number of rotatable bonds is 2. The minimum Gasteiger partial charge on any atom is -0.388 e. The van der Waals surface area contributed by atoms with Crippen LogP contribution in [0.5, 0.6) is 0 Å². The highest BCUT2D eigenvalue weighted by Gasteiger charge is 2.21. The van der Waals surface area contributed by atoms with E-state index < -0.39 is 0 Å². The summed E-state index contributed by atoms with van der Waals surface area (Å²) in [5, 5.41) is 10.4. The van der Waals surface area contributed by atoms with Crippen molar-refractivity contribution in [1.29, 1.82) is 0 Å². The Hall–Kier alpha value is -0.820. The van der Waals surface area contributed by atoms with Crippen LogP contribution in [-0.4, -0.2) is 5.11 Å². The second-order valence-corrected chi connectivity index (χ2v) is 5.11. The normalized spacial score (nSPS) is 20.4. The Morgan fingerprint density at radius 1 is 1.00 bits per heavy atom. The van der Waals surface area contributed by atoms with Crippen molar-refractivity contribution in [2.24, 2.45) is 5.92 Å². The van der Waals surface area contributed by atoms with Gasteiger partial charge in [-0.1, -0.05) is 55.5 Å². The second kappa shape index (κ2) is 5.49. The first-order valence-electron chi connectivity index (χ1n) is 6.52. The number of aliphatic hydroxyl groups excluding tert-OH is 1. The van der Waals surface area contributed by atoms with E-state index in [1.165, 1.54) is 44.1 Å². The zero-order chi connectivity index (χ0) is 11.4. The lowest BCUT2D eigenvalue weighted by molar-refractivity contribution is 0.0988. The fourth-order valence-electron chi connectivity index (χ4n) is 2.66. The van der Waals surface area contributed by atoms with Gasteiger partial charge < -0.3 is 5.11 Å². The van der Waals surface area contributed by atoms with Gasteiger partial charge in [-0.15, -0.1) is 0 Å². The maximum atomic E-state index is 10.4. The smallest absolute Gasteiger partial charge is 0.0818 e. The Morgan fingerprint density at radius 3 is 2.12 bits per heavy atom. The zero-order valence-corrected chi connectivity index (χ0v) is 10.2. The first kappa shape index (κ1) is 11.7. The molecule has 1 nitrogen and oxygen atoms in total. The van der Waals surface area contributed by atoms with Crippen molar-refractivity contribution >= 4 is 0 Å². The van der Waals surface area contributed by atoms with Gasteiger partial charge in [0, 0.05) is 0 Å². The maximum absolute atomic E-state index is 10.4. The molecule has 1 fully saturated rings. The Balaban J connectivity index is 2.04. The highest BCUT2D eigenvalue weighted by molar-refractivity contribution is 5.23. The van der Waals surface area contributed by atoms with Gasteiger partial charge >= 0.3 is 0 Å². The minimum atomic E-state index is -0.251. The molecule has 0 radical (unpaired) electrons. The van der Waals surface area contributed by atoms with E-state index in [-0.39, 0.29) is 6.10 Å². The van der Waals surface area contributed by atoms with Crippen LogP contribution in [0.1, 0.15) is 55.8 Å². The van der Waals surface area contributed by atoms with Crippen LogP contribution >= 0.6 is 0 Å². The quantitative estimate of drug-likeness (QED) is 0.744. The Kier molecular flexibility index (Phi) is 4.00. The molecule has 1 heteroatoms. The molecule has 1 saturated carbocycles. The molecule has 0 spiro atoms. The topological polar surface area (TPSA) is 20.2 Å². The molecule has 0 saturated heterocycles. The molecule has 1 N–H and O–H groups in total. The van der Waals surface area contributed by atoms with Gasteiger partial charge in [0.2, 0.25) is 0 Å². The predicted molar refractivity (Wildman–Crippen MR) is 67.3 cm³/mol. The van der Waals surface area contributed by atoms with E-state index in [1.807, 2.05) is 0 Å². The van der Waals surface area contributed by atoms with Crippen LogP contribution in [0.25, 0.3) is 0 Å². The van der Waals surface area contributed by atoms with Crippen molar-refractivity contribution in [3.8, 4) is 0 Å². The number of hydrogen-bond donors (Lipinski definition) is 1. The maximum Gasteiger partial charge on any atom is 0.0818 e. The average Bonchev–Trinajstić information content (AvgIpc) is 2.57. The molecule has 0 heterocycles. The van der Waals surface area contributed by atoms with E-state index in [4.69, 9.17) is 0 Å². The first-order chi connectivity index (χ1) is 7.77. The zero-order valence-electron chi connectivity index (χ0n) is 10.2. The van der Waals surface area contributed by atoms with Gasteiger partial charge in [-0.05, 0) is 31.2 Å². The molecule has 88 valence electrons. The third-order valence-electron chi connectivity index (χ3n) is 3.77. The Bertz CT molecular complexity index is 307. The molecular weight excluding hydrogens is 196 g/mol. The molecule has 1 atom stereocenters. The monoisotopic (exact) mass is 218 g/mol. The second-order valence-electron chi connectivity index (χ2n) is 5.11. The van der Waals surface area contributed by atoms with Gasteiger partial charge in [0.05, 0.1) is 6.10 Å². The van der Waals surface area contributed by atoms with Gasteiger partial charge in [0.1, 0.15) is 0 Å². The van der Waals surface area contributed by atoms with E-state index in [0.29, 0.717) is 5.92 Å². The molecule has 0 aromatic heterocycles. The van der Waals surface area contributed by atoms with Gasteiger partial charge in [-0.2, -0.15) is 0 Å². The lowest BCUT2D eigenvalue weighted by Gasteiger charge is -2.21. The fourth-order valence-corrected chi connectivity index (χ4v) is 2.66. The van der Waals surface area contributed by atoms with Crippen molar-refractivity contribution in [3.05, 3.63) is 35.4 Å². The van der Waals surface area contributed by atoms with Crippen LogP contribution in [0.3, 0.4) is 0 Å². The summed E-state index contributed by atoms with van der Waals surface area (Å²) in [7, 11) is 0. The summed E-state index contributed by atoms with van der Waals surface area (Å²) >= 11 is 0. The minimum absolute atomic E-state index is 0.251. The Morgan fingerprint density at radius 2 is 1.56 bits per heavy atom. The number of aryl methyl sites for hydroxylation is 1. The largest absolute Gasteiger partial charge is 0.388 e. The van der Waals surface area contributed by atoms with Crippen LogP contribution in [0.4, 0.5) is 0 Å². The molecule has 2 rings (SSSR count). The van der Waals surface area contributed by atoms with Crippen LogP contribution < -0.4 is 0 Å². The third-order valence-corrected chi connectivity index (χ3v) is 3.77. The predicted octanol–water partition coefficient (Wildman–Crippen LogP) is 4.00. The van der Waals surface area contributed by atoms with Gasteiger partial charge in [-0.3, -0.25) is 0 Å². The molecule has 0 aliphatic heterocycles. The molecule has 0 unspecified atom stereocenters. The fraction of sp³-hybridized carbons (Fsp3) is 0.600. The summed E-state index contributed by atoms with van der Waals surface area (Å²) < 4.78 is 0. The summed E-state index contributed by atoms with van der Waals surface area (Å²) in [5.74, 6) is 0.477. The molecule has 1 aromatic carbocycles.